The molecule has 0 amide bonds. The van der Waals surface area contributed by atoms with Crippen molar-refractivity contribution in [2.75, 3.05) is 0 Å². The summed E-state index contributed by atoms with van der Waals surface area (Å²) in [5.41, 5.74) is 0. The monoisotopic (exact) mass is 218 g/mol. The first-order valence-electron chi connectivity index (χ1n) is 1.56. The van der Waals surface area contributed by atoms with Gasteiger partial charge in [0.2, 0.25) is 0 Å². The van der Waals surface area contributed by atoms with Crippen molar-refractivity contribution in [3.8, 4) is 0 Å². The van der Waals surface area contributed by atoms with Crippen LogP contribution in [-0.2, 0) is 4.79 Å². The second-order valence-corrected chi connectivity index (χ2v) is 0.774. The van der Waals surface area contributed by atoms with Crippen molar-refractivity contribution in [3.63, 3.8) is 0 Å². The van der Waals surface area contributed by atoms with E-state index in [1.165, 1.54) is 0 Å². The van der Waals surface area contributed by atoms with E-state index >= 15 is 0 Å². The van der Waals surface area contributed by atoms with Gasteiger partial charge in [-0.15, -0.1) is 0 Å². The van der Waals surface area contributed by atoms with Crippen LogP contribution in [0.25, 0.3) is 0 Å². The molecule has 0 saturated carbocycles. The number of aliphatic carboxylic acids is 1. The third-order valence-corrected chi connectivity index (χ3v) is 0. The number of carbonyl (C=O) groups excluding carboxylic acids is 1. The second kappa shape index (κ2) is 22.6. The first-order chi connectivity index (χ1) is 3.46. The van der Waals surface area contributed by atoms with Crippen molar-refractivity contribution in [1.29, 1.82) is 0 Å². The Hall–Kier alpha value is 1.67. The molecule has 2 N–H and O–H groups in total. The summed E-state index contributed by atoms with van der Waals surface area (Å²) in [7, 11) is 0. The van der Waals surface area contributed by atoms with Crippen LogP contribution >= 0.6 is 0 Å². The maximum Gasteiger partial charge on any atom is 1.00 e. The van der Waals surface area contributed by atoms with E-state index in [1.807, 2.05) is 0 Å². The first kappa shape index (κ1) is 29.3. The Morgan fingerprint density at radius 2 is 1.27 bits per heavy atom. The van der Waals surface area contributed by atoms with Crippen LogP contribution in [0, 0.1) is 0 Å². The molecule has 0 rings (SSSR count). The molecule has 0 aromatic rings. The van der Waals surface area contributed by atoms with Crippen molar-refractivity contribution in [2.24, 2.45) is 0 Å². The van der Waals surface area contributed by atoms with Gasteiger partial charge in [-0.05, 0) is 6.92 Å². The van der Waals surface area contributed by atoms with Gasteiger partial charge in [-0.25, -0.2) is 4.79 Å². The topological polar surface area (TPSA) is 97.7 Å². The van der Waals surface area contributed by atoms with Crippen molar-refractivity contribution in [2.45, 2.75) is 6.92 Å². The molecule has 0 fully saturated rings. The van der Waals surface area contributed by atoms with Crippen LogP contribution in [0.15, 0.2) is 0 Å². The van der Waals surface area contributed by atoms with Gasteiger partial charge in [0.15, 0.2) is 0 Å². The zero-order valence-corrected chi connectivity index (χ0v) is 12.4. The molecule has 0 aliphatic heterocycles. The summed E-state index contributed by atoms with van der Waals surface area (Å²) in [4.78, 5) is 17.4. The number of hydrogen-bond acceptors (Lipinski definition) is 3. The van der Waals surface area contributed by atoms with Gasteiger partial charge in [-0.1, -0.05) is 0 Å². The summed E-state index contributed by atoms with van der Waals surface area (Å²) in [6.45, 7) is 0.972. The summed E-state index contributed by atoms with van der Waals surface area (Å²) in [5.74, 6) is -1.08. The summed E-state index contributed by atoms with van der Waals surface area (Å²) in [5, 5.41) is 22.8. The Morgan fingerprint density at radius 1 is 1.27 bits per heavy atom. The third-order valence-electron chi connectivity index (χ3n) is 0. The van der Waals surface area contributed by atoms with Crippen LogP contribution in [0.4, 0.5) is 4.79 Å². The molecule has 0 spiro atoms. The zero-order chi connectivity index (χ0) is 7.15. The number of rotatable bonds is 0. The van der Waals surface area contributed by atoms with Crippen molar-refractivity contribution >= 4 is 12.1 Å². The van der Waals surface area contributed by atoms with E-state index in [2.05, 4.69) is 0 Å². The maximum absolute atomic E-state index is 8.89. The third kappa shape index (κ3) is 393. The van der Waals surface area contributed by atoms with E-state index in [4.69, 9.17) is 24.9 Å². The van der Waals surface area contributed by atoms with E-state index in [-0.39, 0.29) is 93.3 Å². The summed E-state index contributed by atoms with van der Waals surface area (Å²) < 4.78 is 0. The molecular weight excluding hydrogens is 214 g/mol. The molecule has 0 aliphatic rings. The van der Waals surface area contributed by atoms with Crippen molar-refractivity contribution < 1.29 is 118 Å². The van der Waals surface area contributed by atoms with E-state index < -0.39 is 12.1 Å². The van der Waals surface area contributed by atoms with Gasteiger partial charge in [0.25, 0.3) is 0 Å². The summed E-state index contributed by atoms with van der Waals surface area (Å²) in [6, 6.07) is 0. The zero-order valence-electron chi connectivity index (χ0n) is 6.50. The van der Waals surface area contributed by atoms with Crippen LogP contribution in [0.2, 0.25) is 0 Å². The quantitative estimate of drug-likeness (QED) is 0.394. The molecule has 0 heterocycles. The molecule has 56 valence electrons. The minimum Gasteiger partial charge on any atom is -1.00 e. The number of carboxylic acid groups (broad SMARTS) is 3. The molecule has 0 aromatic carbocycles. The molecule has 0 saturated heterocycles. The smallest absolute Gasteiger partial charge is 1.00 e. The fraction of sp³-hybridized carbons (Fsp3) is 0.333. The molecule has 0 atom stereocenters. The van der Waals surface area contributed by atoms with Gasteiger partial charge < -0.3 is 32.5 Å². The van der Waals surface area contributed by atoms with Gasteiger partial charge >= 0.3 is 87.1 Å². The fourth-order valence-corrected chi connectivity index (χ4v) is 0. The summed E-state index contributed by atoms with van der Waals surface area (Å²) >= 11 is 0. The average molecular weight is 219 g/mol. The largest absolute Gasteiger partial charge is 1.00 e. The first-order valence-corrected chi connectivity index (χ1v) is 1.56. The molecule has 5 nitrogen and oxygen atoms in total. The Balaban J connectivity index is -0.0000000171. The predicted octanol–water partition coefficient (Wildman–Crippen LogP) is -10.0. The number of carbonyl (C=O) groups is 2. The minimum absolute atomic E-state index is 0. The minimum atomic E-state index is -1.83. The number of carboxylic acids is 1. The van der Waals surface area contributed by atoms with Gasteiger partial charge in [0.1, 0.15) is 0 Å². The van der Waals surface area contributed by atoms with Gasteiger partial charge in [0.05, 0.1) is 0 Å². The second-order valence-electron chi connectivity index (χ2n) is 0.774. The SMILES string of the molecule is CC(=O)[O-].O=C(O)O.[Cl-].[K+].[Na+]. The number of hydrogen-bond donors (Lipinski definition) is 2. The number of halogens is 1. The van der Waals surface area contributed by atoms with E-state index in [0.717, 1.165) is 6.92 Å². The Labute approximate surface area is 135 Å². The summed E-state index contributed by atoms with van der Waals surface area (Å²) in [6.07, 6.45) is -1.83. The van der Waals surface area contributed by atoms with E-state index in [0.29, 0.717) is 0 Å². The van der Waals surface area contributed by atoms with Crippen LogP contribution in [0.3, 0.4) is 0 Å². The average Bonchev–Trinajstić information content (AvgIpc) is 1.25. The molecule has 11 heavy (non-hydrogen) atoms. The van der Waals surface area contributed by atoms with Gasteiger partial charge in [-0.3, -0.25) is 0 Å². The van der Waals surface area contributed by atoms with Crippen LogP contribution in [0.1, 0.15) is 6.92 Å². The van der Waals surface area contributed by atoms with Gasteiger partial charge in [-0.2, -0.15) is 0 Å². The molecule has 0 unspecified atom stereocenters. The molecular formula is C3H5ClKNaO5. The molecule has 0 radical (unpaired) electrons. The Kier molecular flexibility index (Phi) is 60.2. The van der Waals surface area contributed by atoms with Crippen LogP contribution in [-0.4, -0.2) is 22.3 Å². The maximum atomic E-state index is 8.89. The Bertz CT molecular complexity index is 79.7. The normalized spacial score (nSPS) is 4.45. The molecule has 8 heteroatoms. The Morgan fingerprint density at radius 3 is 1.27 bits per heavy atom. The standard InChI is InChI=1S/C2H4O2.CH2O3.ClH.K.Na/c1-2(3)4;2-1(3)4;;;/h1H3,(H,3,4);(H2,2,3,4);1H;;/q;;;2*+1/p-2. The van der Waals surface area contributed by atoms with Crippen molar-refractivity contribution in [3.05, 3.63) is 0 Å². The fourth-order valence-electron chi connectivity index (χ4n) is 0. The van der Waals surface area contributed by atoms with Crippen molar-refractivity contribution in [1.82, 2.24) is 0 Å². The van der Waals surface area contributed by atoms with E-state index in [1.54, 1.807) is 0 Å². The van der Waals surface area contributed by atoms with E-state index in [9.17, 15) is 0 Å². The molecule has 0 bridgehead atoms. The van der Waals surface area contributed by atoms with Gasteiger partial charge in [0, 0.05) is 5.97 Å². The molecule has 0 aromatic heterocycles. The van der Waals surface area contributed by atoms with Crippen LogP contribution < -0.4 is 98.5 Å². The van der Waals surface area contributed by atoms with Crippen LogP contribution in [0.5, 0.6) is 0 Å². The molecule has 0 aliphatic carbocycles. The predicted molar refractivity (Wildman–Crippen MR) is 21.3 cm³/mol.